The van der Waals surface area contributed by atoms with Crippen LogP contribution in [0.1, 0.15) is 65.7 Å². The first-order valence-electron chi connectivity index (χ1n) is 11.8. The normalized spacial score (nSPS) is 12.2. The fraction of sp³-hybridized carbons (Fsp3) is 0.957. The van der Waals surface area contributed by atoms with E-state index in [1.165, 1.54) is 12.8 Å². The summed E-state index contributed by atoms with van der Waals surface area (Å²) in [6, 6.07) is 0. The monoisotopic (exact) mass is 434 g/mol. The Morgan fingerprint density at radius 2 is 1.00 bits per heavy atom. The third-order valence-corrected chi connectivity index (χ3v) is 4.58. The second-order valence-corrected chi connectivity index (χ2v) is 7.18. The fourth-order valence-corrected chi connectivity index (χ4v) is 2.69. The van der Waals surface area contributed by atoms with Crippen LogP contribution in [-0.4, -0.2) is 78.6 Å². The molecule has 30 heavy (non-hydrogen) atoms. The molecule has 0 radical (unpaired) electrons. The van der Waals surface area contributed by atoms with Gasteiger partial charge in [0.1, 0.15) is 6.61 Å². The molecule has 0 bridgehead atoms. The third kappa shape index (κ3) is 20.5. The maximum absolute atomic E-state index is 11.9. The molecule has 0 saturated heterocycles. The van der Waals surface area contributed by atoms with Crippen molar-refractivity contribution >= 4 is 5.97 Å². The van der Waals surface area contributed by atoms with Gasteiger partial charge in [-0.1, -0.05) is 46.5 Å². The van der Waals surface area contributed by atoms with Gasteiger partial charge in [-0.05, 0) is 19.3 Å². The molecule has 0 heterocycles. The van der Waals surface area contributed by atoms with Crippen LogP contribution in [0.2, 0.25) is 0 Å². The van der Waals surface area contributed by atoms with Gasteiger partial charge >= 0.3 is 5.97 Å². The summed E-state index contributed by atoms with van der Waals surface area (Å²) in [5.74, 6) is -0.0889. The van der Waals surface area contributed by atoms with Crippen molar-refractivity contribution in [1.29, 1.82) is 0 Å². The van der Waals surface area contributed by atoms with Gasteiger partial charge in [0.25, 0.3) is 0 Å². The van der Waals surface area contributed by atoms with Gasteiger partial charge < -0.3 is 28.4 Å². The molecule has 0 aromatic heterocycles. The molecule has 180 valence electrons. The molecule has 0 fully saturated rings. The van der Waals surface area contributed by atoms with Gasteiger partial charge in [0.2, 0.25) is 0 Å². The van der Waals surface area contributed by atoms with E-state index in [2.05, 4.69) is 13.8 Å². The zero-order valence-corrected chi connectivity index (χ0v) is 19.7. The highest BCUT2D eigenvalue weighted by Gasteiger charge is 2.16. The summed E-state index contributed by atoms with van der Waals surface area (Å²) >= 11 is 0. The molecule has 0 rings (SSSR count). The standard InChI is InChI=1S/C23H46O7/c1-4-7-9-11-25-12-13-26-14-15-27-16-17-28-18-19-29-20-21-30-23(24)22(6-3)10-8-5-2/h22H,4-21H2,1-3H3. The summed E-state index contributed by atoms with van der Waals surface area (Å²) < 4.78 is 32.5. The van der Waals surface area contributed by atoms with Crippen LogP contribution in [-0.2, 0) is 33.2 Å². The minimum absolute atomic E-state index is 0.0163. The molecular formula is C23H46O7. The molecule has 0 aliphatic rings. The van der Waals surface area contributed by atoms with Crippen molar-refractivity contribution in [2.45, 2.75) is 65.7 Å². The fourth-order valence-electron chi connectivity index (χ4n) is 2.69. The van der Waals surface area contributed by atoms with Gasteiger partial charge in [-0.2, -0.15) is 0 Å². The van der Waals surface area contributed by atoms with E-state index in [9.17, 15) is 4.79 Å². The highest BCUT2D eigenvalue weighted by atomic mass is 16.6. The molecule has 0 aliphatic carbocycles. The Hall–Kier alpha value is -0.730. The summed E-state index contributed by atoms with van der Waals surface area (Å²) in [7, 11) is 0. The van der Waals surface area contributed by atoms with Crippen LogP contribution in [0, 0.1) is 5.92 Å². The quantitative estimate of drug-likeness (QED) is 0.168. The first kappa shape index (κ1) is 29.3. The first-order valence-corrected chi connectivity index (χ1v) is 11.8. The van der Waals surface area contributed by atoms with E-state index in [1.807, 2.05) is 6.92 Å². The number of hydrogen-bond donors (Lipinski definition) is 0. The molecule has 0 aromatic rings. The molecule has 7 nitrogen and oxygen atoms in total. The molecule has 0 aromatic carbocycles. The number of hydrogen-bond acceptors (Lipinski definition) is 7. The maximum atomic E-state index is 11.9. The van der Waals surface area contributed by atoms with Crippen LogP contribution < -0.4 is 0 Å². The molecule has 0 saturated carbocycles. The van der Waals surface area contributed by atoms with Gasteiger partial charge in [-0.15, -0.1) is 0 Å². The molecule has 7 heteroatoms. The molecule has 0 spiro atoms. The zero-order chi connectivity index (χ0) is 22.1. The van der Waals surface area contributed by atoms with E-state index in [0.29, 0.717) is 66.1 Å². The molecule has 1 atom stereocenters. The Kier molecular flexibility index (Phi) is 23.9. The van der Waals surface area contributed by atoms with Crippen LogP contribution in [0.15, 0.2) is 0 Å². The average molecular weight is 435 g/mol. The summed E-state index contributed by atoms with van der Waals surface area (Å²) in [6.07, 6.45) is 7.45. The van der Waals surface area contributed by atoms with Crippen molar-refractivity contribution in [3.63, 3.8) is 0 Å². The van der Waals surface area contributed by atoms with Crippen LogP contribution in [0.25, 0.3) is 0 Å². The smallest absolute Gasteiger partial charge is 0.308 e. The van der Waals surface area contributed by atoms with Crippen molar-refractivity contribution in [2.24, 2.45) is 5.92 Å². The number of esters is 1. The largest absolute Gasteiger partial charge is 0.463 e. The SMILES string of the molecule is CCCCCOCCOCCOCCOCCOCCOC(=O)C(CC)CCCC. The highest BCUT2D eigenvalue weighted by molar-refractivity contribution is 5.72. The summed E-state index contributed by atoms with van der Waals surface area (Å²) in [6.45, 7) is 12.3. The highest BCUT2D eigenvalue weighted by Crippen LogP contribution is 2.14. The molecule has 0 N–H and O–H groups in total. The Balaban J connectivity index is 3.22. The number of ether oxygens (including phenoxy) is 6. The number of unbranched alkanes of at least 4 members (excludes halogenated alkanes) is 3. The van der Waals surface area contributed by atoms with E-state index in [4.69, 9.17) is 28.4 Å². The zero-order valence-electron chi connectivity index (χ0n) is 19.7. The molecule has 0 amide bonds. The summed E-state index contributed by atoms with van der Waals surface area (Å²) in [4.78, 5) is 11.9. The maximum Gasteiger partial charge on any atom is 0.308 e. The van der Waals surface area contributed by atoms with Crippen molar-refractivity contribution in [3.8, 4) is 0 Å². The van der Waals surface area contributed by atoms with E-state index in [-0.39, 0.29) is 11.9 Å². The lowest BCUT2D eigenvalue weighted by atomic mass is 10.00. The van der Waals surface area contributed by atoms with Crippen LogP contribution in [0.4, 0.5) is 0 Å². The number of carbonyl (C=O) groups excluding carboxylic acids is 1. The predicted octanol–water partition coefficient (Wildman–Crippen LogP) is 4.02. The molecule has 1 unspecified atom stereocenters. The Morgan fingerprint density at radius 1 is 0.567 bits per heavy atom. The van der Waals surface area contributed by atoms with Crippen LogP contribution >= 0.6 is 0 Å². The lowest BCUT2D eigenvalue weighted by molar-refractivity contribution is -0.150. The lowest BCUT2D eigenvalue weighted by Crippen LogP contribution is -2.20. The van der Waals surface area contributed by atoms with Gasteiger partial charge in [0, 0.05) is 6.61 Å². The second kappa shape index (κ2) is 24.5. The molecular weight excluding hydrogens is 388 g/mol. The van der Waals surface area contributed by atoms with E-state index in [1.54, 1.807) is 0 Å². The Labute approximate surface area is 184 Å². The van der Waals surface area contributed by atoms with Gasteiger partial charge in [-0.3, -0.25) is 4.79 Å². The van der Waals surface area contributed by atoms with Crippen molar-refractivity contribution in [2.75, 3.05) is 72.7 Å². The topological polar surface area (TPSA) is 72.5 Å². The Bertz CT molecular complexity index is 352. The van der Waals surface area contributed by atoms with Gasteiger partial charge in [0.15, 0.2) is 0 Å². The van der Waals surface area contributed by atoms with Crippen molar-refractivity contribution < 1.29 is 33.2 Å². The minimum Gasteiger partial charge on any atom is -0.463 e. The summed E-state index contributed by atoms with van der Waals surface area (Å²) in [5, 5.41) is 0. The van der Waals surface area contributed by atoms with Gasteiger partial charge in [-0.25, -0.2) is 0 Å². The average Bonchev–Trinajstić information content (AvgIpc) is 2.75. The second-order valence-electron chi connectivity index (χ2n) is 7.18. The predicted molar refractivity (Wildman–Crippen MR) is 118 cm³/mol. The number of carbonyl (C=O) groups is 1. The van der Waals surface area contributed by atoms with Crippen molar-refractivity contribution in [1.82, 2.24) is 0 Å². The number of rotatable bonds is 24. The lowest BCUT2D eigenvalue weighted by Gasteiger charge is -2.13. The van der Waals surface area contributed by atoms with Crippen LogP contribution in [0.3, 0.4) is 0 Å². The molecule has 0 aliphatic heterocycles. The van der Waals surface area contributed by atoms with E-state index >= 15 is 0 Å². The van der Waals surface area contributed by atoms with Gasteiger partial charge in [0.05, 0.1) is 65.4 Å². The summed E-state index contributed by atoms with van der Waals surface area (Å²) in [5.41, 5.74) is 0. The Morgan fingerprint density at radius 3 is 1.43 bits per heavy atom. The van der Waals surface area contributed by atoms with Crippen molar-refractivity contribution in [3.05, 3.63) is 0 Å². The minimum atomic E-state index is -0.105. The van der Waals surface area contributed by atoms with E-state index in [0.717, 1.165) is 38.7 Å². The first-order chi connectivity index (χ1) is 14.8. The van der Waals surface area contributed by atoms with E-state index < -0.39 is 0 Å². The third-order valence-electron chi connectivity index (χ3n) is 4.58. The van der Waals surface area contributed by atoms with Crippen LogP contribution in [0.5, 0.6) is 0 Å².